The van der Waals surface area contributed by atoms with Crippen LogP contribution in [-0.4, -0.2) is 28.2 Å². The molecule has 0 saturated heterocycles. The number of hydrogen-bond donors (Lipinski definition) is 2. The van der Waals surface area contributed by atoms with E-state index >= 15 is 0 Å². The highest BCUT2D eigenvalue weighted by Crippen LogP contribution is 1.87. The van der Waals surface area contributed by atoms with E-state index in [9.17, 15) is 4.21 Å². The Hall–Kier alpha value is 0.0700. The smallest absolute Gasteiger partial charge is 0.0886 e. The fraction of sp³-hybridized carbons (Fsp3) is 1.00. The molecule has 3 nitrogen and oxygen atoms in total. The van der Waals surface area contributed by atoms with E-state index in [4.69, 9.17) is 5.11 Å². The van der Waals surface area contributed by atoms with Crippen molar-refractivity contribution in [1.29, 1.82) is 0 Å². The maximum Gasteiger partial charge on any atom is 0.0886 e. The molecule has 56 valence electrons. The zero-order valence-electron chi connectivity index (χ0n) is 5.76. The molecule has 2 atom stereocenters. The second-order valence-corrected chi connectivity index (χ2v) is 3.13. The molecule has 2 N–H and O–H groups in total. The monoisotopic (exact) mass is 151 g/mol. The molecule has 0 bridgehead atoms. The third-order valence-electron chi connectivity index (χ3n) is 0.929. The second kappa shape index (κ2) is 4.90. The first-order chi connectivity index (χ1) is 4.16. The zero-order valence-corrected chi connectivity index (χ0v) is 6.57. The minimum absolute atomic E-state index is 0.140. The summed E-state index contributed by atoms with van der Waals surface area (Å²) in [7, 11) is -0.958. The van der Waals surface area contributed by atoms with Crippen LogP contribution in [0.2, 0.25) is 0 Å². The summed E-state index contributed by atoms with van der Waals surface area (Å²) in [6.07, 6.45) is 2.23. The Kier molecular flexibility index (Phi) is 4.94. The van der Waals surface area contributed by atoms with Gasteiger partial charge in [0.05, 0.1) is 11.0 Å². The largest absolute Gasteiger partial charge is 0.396 e. The van der Waals surface area contributed by atoms with E-state index in [1.807, 2.05) is 6.92 Å². The van der Waals surface area contributed by atoms with Gasteiger partial charge in [0.15, 0.2) is 0 Å². The Labute approximate surface area is 58.1 Å². The van der Waals surface area contributed by atoms with Crippen molar-refractivity contribution in [3.63, 3.8) is 0 Å². The standard InChI is InChI=1S/C5H13NO2S/c1-5(3-4-7)6-9(2)8/h5-7H,3-4H2,1-2H3. The van der Waals surface area contributed by atoms with Crippen molar-refractivity contribution in [2.45, 2.75) is 19.4 Å². The second-order valence-electron chi connectivity index (χ2n) is 1.99. The van der Waals surface area contributed by atoms with Crippen LogP contribution in [0.1, 0.15) is 13.3 Å². The van der Waals surface area contributed by atoms with Crippen LogP contribution in [0.4, 0.5) is 0 Å². The highest BCUT2D eigenvalue weighted by Gasteiger charge is 1.99. The van der Waals surface area contributed by atoms with Gasteiger partial charge in [0.2, 0.25) is 0 Å². The summed E-state index contributed by atoms with van der Waals surface area (Å²) in [5.41, 5.74) is 0. The summed E-state index contributed by atoms with van der Waals surface area (Å²) in [6.45, 7) is 2.03. The van der Waals surface area contributed by atoms with Gasteiger partial charge in [-0.05, 0) is 13.3 Å². The molecule has 4 heteroatoms. The van der Waals surface area contributed by atoms with E-state index in [1.54, 1.807) is 6.26 Å². The molecule has 0 aliphatic rings. The van der Waals surface area contributed by atoms with Crippen molar-refractivity contribution in [1.82, 2.24) is 4.72 Å². The lowest BCUT2D eigenvalue weighted by Crippen LogP contribution is -2.27. The van der Waals surface area contributed by atoms with Crippen molar-refractivity contribution in [3.8, 4) is 0 Å². The molecule has 0 amide bonds. The molecule has 0 saturated carbocycles. The summed E-state index contributed by atoms with van der Waals surface area (Å²) in [6, 6.07) is 0.140. The lowest BCUT2D eigenvalue weighted by atomic mass is 10.3. The number of aliphatic hydroxyl groups excluding tert-OH is 1. The van der Waals surface area contributed by atoms with Crippen LogP contribution >= 0.6 is 0 Å². The van der Waals surface area contributed by atoms with Crippen LogP contribution in [-0.2, 0) is 11.0 Å². The van der Waals surface area contributed by atoms with E-state index < -0.39 is 11.0 Å². The molecule has 0 heterocycles. The Bertz CT molecular complexity index is 97.0. The van der Waals surface area contributed by atoms with Crippen molar-refractivity contribution < 1.29 is 9.32 Å². The maximum atomic E-state index is 10.4. The van der Waals surface area contributed by atoms with Gasteiger partial charge < -0.3 is 5.11 Å². The number of hydrogen-bond acceptors (Lipinski definition) is 2. The summed E-state index contributed by atoms with van der Waals surface area (Å²) in [5, 5.41) is 8.41. The third-order valence-corrected chi connectivity index (χ3v) is 1.66. The molecule has 0 aromatic heterocycles. The third kappa shape index (κ3) is 5.95. The first-order valence-corrected chi connectivity index (χ1v) is 4.43. The van der Waals surface area contributed by atoms with Gasteiger partial charge in [0.25, 0.3) is 0 Å². The van der Waals surface area contributed by atoms with Crippen LogP contribution in [0.15, 0.2) is 0 Å². The highest BCUT2D eigenvalue weighted by atomic mass is 32.2. The van der Waals surface area contributed by atoms with Crippen LogP contribution in [0, 0.1) is 0 Å². The molecule has 0 fully saturated rings. The van der Waals surface area contributed by atoms with Gasteiger partial charge in [-0.15, -0.1) is 0 Å². The average Bonchev–Trinajstić information content (AvgIpc) is 1.63. The Balaban J connectivity index is 3.26. The summed E-state index contributed by atoms with van der Waals surface area (Å²) >= 11 is 0. The summed E-state index contributed by atoms with van der Waals surface area (Å²) < 4.78 is 13.2. The topological polar surface area (TPSA) is 49.3 Å². The van der Waals surface area contributed by atoms with Gasteiger partial charge in [0, 0.05) is 18.9 Å². The fourth-order valence-corrected chi connectivity index (χ4v) is 1.22. The molecular formula is C5H13NO2S. The zero-order chi connectivity index (χ0) is 7.28. The van der Waals surface area contributed by atoms with Gasteiger partial charge in [-0.1, -0.05) is 0 Å². The molecule has 9 heavy (non-hydrogen) atoms. The first-order valence-electron chi connectivity index (χ1n) is 2.87. The van der Waals surface area contributed by atoms with E-state index in [2.05, 4.69) is 4.72 Å². The van der Waals surface area contributed by atoms with Crippen LogP contribution in [0.5, 0.6) is 0 Å². The average molecular weight is 151 g/mol. The van der Waals surface area contributed by atoms with E-state index in [1.165, 1.54) is 0 Å². The predicted octanol–water partition coefficient (Wildman–Crippen LogP) is -0.360. The van der Waals surface area contributed by atoms with Crippen molar-refractivity contribution in [3.05, 3.63) is 0 Å². The van der Waals surface area contributed by atoms with Crippen LogP contribution in [0.25, 0.3) is 0 Å². The molecule has 2 unspecified atom stereocenters. The quantitative estimate of drug-likeness (QED) is 0.576. The highest BCUT2D eigenvalue weighted by molar-refractivity contribution is 7.82. The number of nitrogens with one attached hydrogen (secondary N) is 1. The minimum atomic E-state index is -0.958. The van der Waals surface area contributed by atoms with Crippen molar-refractivity contribution >= 4 is 11.0 Å². The Morgan fingerprint density at radius 1 is 1.78 bits per heavy atom. The molecule has 0 aromatic carbocycles. The summed E-state index contributed by atoms with van der Waals surface area (Å²) in [5.74, 6) is 0. The Morgan fingerprint density at radius 2 is 2.33 bits per heavy atom. The SMILES string of the molecule is CC(CCO)NS(C)=O. The molecule has 0 rings (SSSR count). The van der Waals surface area contributed by atoms with Gasteiger partial charge in [-0.3, -0.25) is 0 Å². The van der Waals surface area contributed by atoms with E-state index in [0.717, 1.165) is 0 Å². The normalized spacial score (nSPS) is 17.2. The minimum Gasteiger partial charge on any atom is -0.396 e. The predicted molar refractivity (Wildman–Crippen MR) is 38.4 cm³/mol. The van der Waals surface area contributed by atoms with E-state index in [-0.39, 0.29) is 12.6 Å². The summed E-state index contributed by atoms with van der Waals surface area (Å²) in [4.78, 5) is 0. The van der Waals surface area contributed by atoms with Gasteiger partial charge in [0.1, 0.15) is 0 Å². The first kappa shape index (κ1) is 9.07. The van der Waals surface area contributed by atoms with Gasteiger partial charge in [-0.2, -0.15) is 0 Å². The number of aliphatic hydroxyl groups is 1. The molecule has 0 radical (unpaired) electrons. The Morgan fingerprint density at radius 3 is 2.67 bits per heavy atom. The molecule has 0 aromatic rings. The maximum absolute atomic E-state index is 10.4. The van der Waals surface area contributed by atoms with Crippen LogP contribution in [0.3, 0.4) is 0 Å². The fourth-order valence-electron chi connectivity index (χ4n) is 0.536. The molecule has 0 spiro atoms. The van der Waals surface area contributed by atoms with E-state index in [0.29, 0.717) is 6.42 Å². The number of rotatable bonds is 4. The lowest BCUT2D eigenvalue weighted by molar-refractivity contribution is 0.276. The van der Waals surface area contributed by atoms with Gasteiger partial charge >= 0.3 is 0 Å². The van der Waals surface area contributed by atoms with Crippen LogP contribution < -0.4 is 4.72 Å². The van der Waals surface area contributed by atoms with Crippen molar-refractivity contribution in [2.75, 3.05) is 12.9 Å². The van der Waals surface area contributed by atoms with Crippen molar-refractivity contribution in [2.24, 2.45) is 0 Å². The molecule has 0 aliphatic carbocycles. The molecular weight excluding hydrogens is 138 g/mol. The molecule has 0 aliphatic heterocycles. The van der Waals surface area contributed by atoms with Gasteiger partial charge in [-0.25, -0.2) is 8.93 Å². The lowest BCUT2D eigenvalue weighted by Gasteiger charge is -2.07.